The summed E-state index contributed by atoms with van der Waals surface area (Å²) >= 11 is 1.34. The van der Waals surface area contributed by atoms with Crippen LogP contribution in [0.15, 0.2) is 59.0 Å². The summed E-state index contributed by atoms with van der Waals surface area (Å²) in [6, 6.07) is 11.4. The number of hydrogen-bond acceptors (Lipinski definition) is 5. The van der Waals surface area contributed by atoms with E-state index in [9.17, 15) is 4.79 Å². The third-order valence-electron chi connectivity index (χ3n) is 2.82. The van der Waals surface area contributed by atoms with Gasteiger partial charge in [0.1, 0.15) is 0 Å². The second-order valence-electron chi connectivity index (χ2n) is 4.42. The molecule has 0 saturated carbocycles. The maximum Gasteiger partial charge on any atom is 0.250 e. The minimum Gasteiger partial charge on any atom is -0.333 e. The lowest BCUT2D eigenvalue weighted by molar-refractivity contribution is -0.118. The van der Waals surface area contributed by atoms with Crippen molar-refractivity contribution in [2.75, 3.05) is 5.75 Å². The summed E-state index contributed by atoms with van der Waals surface area (Å²) in [5, 5.41) is 4.62. The van der Waals surface area contributed by atoms with Crippen molar-refractivity contribution < 1.29 is 4.79 Å². The van der Waals surface area contributed by atoms with Gasteiger partial charge in [-0.25, -0.2) is 10.4 Å². The number of aromatic amines is 1. The number of amides is 1. The first-order chi connectivity index (χ1) is 10.8. The van der Waals surface area contributed by atoms with Gasteiger partial charge in [-0.1, -0.05) is 31.3 Å². The Morgan fingerprint density at radius 1 is 1.26 bits per heavy atom. The average molecular weight is 327 g/mol. The van der Waals surface area contributed by atoms with Gasteiger partial charge in [0, 0.05) is 12.4 Å². The van der Waals surface area contributed by atoms with Crippen LogP contribution in [0.3, 0.4) is 0 Å². The molecule has 0 unspecified atom stereocenters. The molecule has 0 radical (unpaired) electrons. The van der Waals surface area contributed by atoms with Crippen LogP contribution < -0.4 is 5.43 Å². The molecule has 2 N–H and O–H groups in total. The molecule has 118 valence electrons. The van der Waals surface area contributed by atoms with Crippen molar-refractivity contribution in [3.05, 3.63) is 54.4 Å². The first-order valence-corrected chi connectivity index (χ1v) is 7.59. The highest BCUT2D eigenvalue weighted by Crippen LogP contribution is 2.18. The van der Waals surface area contributed by atoms with Gasteiger partial charge in [0.2, 0.25) is 0 Å². The van der Waals surface area contributed by atoms with Crippen LogP contribution in [0.5, 0.6) is 0 Å². The molecule has 3 rings (SSSR count). The Hall–Kier alpha value is -2.67. The maximum atomic E-state index is 11.7. The van der Waals surface area contributed by atoms with Gasteiger partial charge in [-0.05, 0) is 29.8 Å². The van der Waals surface area contributed by atoms with Crippen LogP contribution in [-0.2, 0) is 4.79 Å². The largest absolute Gasteiger partial charge is 0.333 e. The van der Waals surface area contributed by atoms with Gasteiger partial charge < -0.3 is 4.98 Å². The predicted molar refractivity (Wildman–Crippen MR) is 93.5 cm³/mol. The Morgan fingerprint density at radius 3 is 2.83 bits per heavy atom. The number of hydrazone groups is 1. The Kier molecular flexibility index (Phi) is 5.87. The Morgan fingerprint density at radius 2 is 2.04 bits per heavy atom. The van der Waals surface area contributed by atoms with E-state index in [-0.39, 0.29) is 19.1 Å². The molecule has 0 fully saturated rings. The number of nitrogens with one attached hydrogen (secondary N) is 2. The van der Waals surface area contributed by atoms with Gasteiger partial charge in [-0.2, -0.15) is 5.10 Å². The van der Waals surface area contributed by atoms with Crippen LogP contribution in [0.1, 0.15) is 13.0 Å². The van der Waals surface area contributed by atoms with Gasteiger partial charge in [-0.15, -0.1) is 0 Å². The van der Waals surface area contributed by atoms with E-state index in [1.807, 2.05) is 24.3 Å². The number of aromatic nitrogens is 3. The van der Waals surface area contributed by atoms with Crippen molar-refractivity contribution in [1.29, 1.82) is 0 Å². The molecule has 0 bridgehead atoms. The van der Waals surface area contributed by atoms with Crippen LogP contribution >= 0.6 is 11.8 Å². The molecule has 0 aliphatic carbocycles. The standard InChI is InChI=1S/C15H13N5OS.CH4/c21-14(20-17-9-11-5-7-16-8-6-11)10-22-15-18-12-3-1-2-4-13(12)19-15;/h1-9H,10H2,(H,18,19)(H,20,21);1H4/b17-9+;. The van der Waals surface area contributed by atoms with E-state index in [2.05, 4.69) is 25.5 Å². The van der Waals surface area contributed by atoms with Gasteiger partial charge in [0.05, 0.1) is 23.0 Å². The first kappa shape index (κ1) is 16.7. The van der Waals surface area contributed by atoms with Crippen molar-refractivity contribution >= 4 is 34.9 Å². The second-order valence-corrected chi connectivity index (χ2v) is 5.39. The van der Waals surface area contributed by atoms with E-state index in [1.54, 1.807) is 30.7 Å². The number of carbonyl (C=O) groups excluding carboxylic acids is 1. The SMILES string of the molecule is C.O=C(CSc1nc2ccccc2[nH]1)N/N=C/c1ccncc1. The van der Waals surface area contributed by atoms with E-state index in [4.69, 9.17) is 0 Å². The number of hydrogen-bond donors (Lipinski definition) is 2. The van der Waals surface area contributed by atoms with Crippen molar-refractivity contribution in [2.45, 2.75) is 12.6 Å². The van der Waals surface area contributed by atoms with Crippen LogP contribution in [0.2, 0.25) is 0 Å². The fourth-order valence-electron chi connectivity index (χ4n) is 1.79. The second kappa shape index (κ2) is 8.09. The van der Waals surface area contributed by atoms with Crippen LogP contribution in [-0.4, -0.2) is 32.8 Å². The Balaban J connectivity index is 0.00000192. The zero-order chi connectivity index (χ0) is 15.2. The van der Waals surface area contributed by atoms with E-state index >= 15 is 0 Å². The molecule has 2 heterocycles. The molecule has 2 aromatic heterocycles. The molecule has 0 saturated heterocycles. The third kappa shape index (κ3) is 4.65. The number of para-hydroxylation sites is 2. The highest BCUT2D eigenvalue weighted by Gasteiger charge is 2.05. The molecule has 7 heteroatoms. The highest BCUT2D eigenvalue weighted by molar-refractivity contribution is 7.99. The summed E-state index contributed by atoms with van der Waals surface area (Å²) in [4.78, 5) is 23.2. The summed E-state index contributed by atoms with van der Waals surface area (Å²) in [7, 11) is 0. The lowest BCUT2D eigenvalue weighted by Gasteiger charge is -1.97. The smallest absolute Gasteiger partial charge is 0.250 e. The molecular formula is C16H17N5OS. The van der Waals surface area contributed by atoms with E-state index in [0.717, 1.165) is 21.8 Å². The van der Waals surface area contributed by atoms with Crippen molar-refractivity contribution in [3.8, 4) is 0 Å². The predicted octanol–water partition coefficient (Wildman–Crippen LogP) is 2.84. The summed E-state index contributed by atoms with van der Waals surface area (Å²) < 4.78 is 0. The molecule has 0 aliphatic heterocycles. The monoisotopic (exact) mass is 327 g/mol. The first-order valence-electron chi connectivity index (χ1n) is 6.61. The van der Waals surface area contributed by atoms with Crippen molar-refractivity contribution in [3.63, 3.8) is 0 Å². The number of H-pyrrole nitrogens is 1. The maximum absolute atomic E-state index is 11.7. The topological polar surface area (TPSA) is 83.0 Å². The van der Waals surface area contributed by atoms with Crippen LogP contribution in [0.4, 0.5) is 0 Å². The number of fused-ring (bicyclic) bond motifs is 1. The molecule has 1 amide bonds. The van der Waals surface area contributed by atoms with E-state index in [1.165, 1.54) is 11.8 Å². The van der Waals surface area contributed by atoms with Crippen molar-refractivity contribution in [1.82, 2.24) is 20.4 Å². The minimum absolute atomic E-state index is 0. The fraction of sp³-hybridized carbons (Fsp3) is 0.125. The number of benzene rings is 1. The summed E-state index contributed by atoms with van der Waals surface area (Å²) in [6.45, 7) is 0. The quantitative estimate of drug-likeness (QED) is 0.429. The molecule has 3 aromatic rings. The molecule has 0 atom stereocenters. The van der Waals surface area contributed by atoms with Crippen LogP contribution in [0, 0.1) is 0 Å². The van der Waals surface area contributed by atoms with Crippen LogP contribution in [0.25, 0.3) is 11.0 Å². The average Bonchev–Trinajstić information content (AvgIpc) is 2.97. The Bertz CT molecular complexity index is 767. The number of imidazole rings is 1. The van der Waals surface area contributed by atoms with Gasteiger partial charge in [0.25, 0.3) is 5.91 Å². The Labute approximate surface area is 138 Å². The lowest BCUT2D eigenvalue weighted by Crippen LogP contribution is -2.19. The molecule has 1 aromatic carbocycles. The molecule has 6 nitrogen and oxygen atoms in total. The number of pyridine rings is 1. The van der Waals surface area contributed by atoms with E-state index in [0.29, 0.717) is 0 Å². The number of nitrogens with zero attached hydrogens (tertiary/aromatic N) is 3. The zero-order valence-corrected chi connectivity index (χ0v) is 12.4. The molecule has 23 heavy (non-hydrogen) atoms. The summed E-state index contributed by atoms with van der Waals surface area (Å²) in [5.74, 6) is 0.0591. The molecule has 0 spiro atoms. The highest BCUT2D eigenvalue weighted by atomic mass is 32.2. The number of carbonyl (C=O) groups is 1. The molecular weight excluding hydrogens is 310 g/mol. The summed E-state index contributed by atoms with van der Waals surface area (Å²) in [6.07, 6.45) is 4.91. The van der Waals surface area contributed by atoms with E-state index < -0.39 is 0 Å². The summed E-state index contributed by atoms with van der Waals surface area (Å²) in [5.41, 5.74) is 5.21. The lowest BCUT2D eigenvalue weighted by atomic mass is 10.3. The fourth-order valence-corrected chi connectivity index (χ4v) is 2.47. The third-order valence-corrected chi connectivity index (χ3v) is 3.69. The minimum atomic E-state index is -0.184. The van der Waals surface area contributed by atoms with Crippen molar-refractivity contribution in [2.24, 2.45) is 5.10 Å². The zero-order valence-electron chi connectivity index (χ0n) is 11.6. The number of thioether (sulfide) groups is 1. The van der Waals surface area contributed by atoms with Gasteiger partial charge in [0.15, 0.2) is 5.16 Å². The normalized spacial score (nSPS) is 10.6. The molecule has 0 aliphatic rings. The van der Waals surface area contributed by atoms with Gasteiger partial charge in [-0.3, -0.25) is 9.78 Å². The number of rotatable bonds is 5. The van der Waals surface area contributed by atoms with Gasteiger partial charge >= 0.3 is 0 Å².